The van der Waals surface area contributed by atoms with Crippen LogP contribution < -0.4 is 10.6 Å². The van der Waals surface area contributed by atoms with E-state index in [1.807, 2.05) is 12.1 Å². The van der Waals surface area contributed by atoms with Gasteiger partial charge in [0.25, 0.3) is 0 Å². The Morgan fingerprint density at radius 2 is 2.14 bits per heavy atom. The number of ether oxygens (including phenoxy) is 1. The van der Waals surface area contributed by atoms with E-state index in [1.54, 1.807) is 0 Å². The molecule has 0 amide bonds. The predicted molar refractivity (Wildman–Crippen MR) is 94.1 cm³/mol. The van der Waals surface area contributed by atoms with Crippen molar-refractivity contribution in [1.82, 2.24) is 10.6 Å². The first-order valence-electron chi connectivity index (χ1n) is 8.12. The van der Waals surface area contributed by atoms with Gasteiger partial charge in [-0.15, -0.1) is 12.4 Å². The summed E-state index contributed by atoms with van der Waals surface area (Å²) in [5, 5.41) is 8.25. The van der Waals surface area contributed by atoms with Crippen LogP contribution in [0.5, 0.6) is 0 Å². The van der Waals surface area contributed by atoms with Crippen molar-refractivity contribution >= 4 is 24.0 Å². The lowest BCUT2D eigenvalue weighted by Gasteiger charge is -2.33. The van der Waals surface area contributed by atoms with Crippen LogP contribution in [0, 0.1) is 5.92 Å². The molecule has 3 atom stereocenters. The number of benzene rings is 1. The molecule has 22 heavy (non-hydrogen) atoms. The van der Waals surface area contributed by atoms with Gasteiger partial charge in [-0.05, 0) is 43.4 Å². The normalized spacial score (nSPS) is 28.3. The van der Waals surface area contributed by atoms with Gasteiger partial charge >= 0.3 is 0 Å². The van der Waals surface area contributed by atoms with Crippen LogP contribution in [-0.4, -0.2) is 38.4 Å². The summed E-state index contributed by atoms with van der Waals surface area (Å²) >= 11 is 6.22. The third-order valence-corrected chi connectivity index (χ3v) is 5.16. The third kappa shape index (κ3) is 4.59. The number of hydrogen-bond acceptors (Lipinski definition) is 3. The van der Waals surface area contributed by atoms with Crippen molar-refractivity contribution in [2.75, 3.05) is 26.3 Å². The Balaban J connectivity index is 0.00000176. The Labute approximate surface area is 144 Å². The van der Waals surface area contributed by atoms with Gasteiger partial charge in [-0.2, -0.15) is 0 Å². The van der Waals surface area contributed by atoms with Crippen LogP contribution in [0.25, 0.3) is 0 Å². The first-order valence-corrected chi connectivity index (χ1v) is 8.50. The highest BCUT2D eigenvalue weighted by Crippen LogP contribution is 2.29. The van der Waals surface area contributed by atoms with Gasteiger partial charge in [0.2, 0.25) is 0 Å². The van der Waals surface area contributed by atoms with Crippen molar-refractivity contribution in [3.05, 3.63) is 34.9 Å². The Bertz CT molecular complexity index is 452. The van der Waals surface area contributed by atoms with Gasteiger partial charge < -0.3 is 15.4 Å². The fourth-order valence-electron chi connectivity index (χ4n) is 3.68. The number of hydrogen-bond donors (Lipinski definition) is 2. The van der Waals surface area contributed by atoms with Crippen LogP contribution in [0.4, 0.5) is 0 Å². The molecule has 0 aromatic heterocycles. The molecule has 1 saturated heterocycles. The number of nitrogens with one attached hydrogen (secondary N) is 2. The highest BCUT2D eigenvalue weighted by Gasteiger charge is 2.34. The molecule has 1 aromatic rings. The molecule has 0 spiro atoms. The summed E-state index contributed by atoms with van der Waals surface area (Å²) in [6, 6.07) is 9.28. The molecule has 1 aliphatic carbocycles. The summed E-state index contributed by atoms with van der Waals surface area (Å²) in [6.45, 7) is 3.72. The van der Waals surface area contributed by atoms with E-state index in [4.69, 9.17) is 16.3 Å². The second-order valence-corrected chi connectivity index (χ2v) is 6.54. The molecule has 1 aromatic carbocycles. The van der Waals surface area contributed by atoms with Crippen molar-refractivity contribution < 1.29 is 4.74 Å². The van der Waals surface area contributed by atoms with Crippen molar-refractivity contribution in [2.24, 2.45) is 5.92 Å². The molecule has 3 nitrogen and oxygen atoms in total. The van der Waals surface area contributed by atoms with E-state index in [9.17, 15) is 0 Å². The average Bonchev–Trinajstić information content (AvgIpc) is 2.99. The second kappa shape index (κ2) is 9.09. The quantitative estimate of drug-likeness (QED) is 0.861. The van der Waals surface area contributed by atoms with Gasteiger partial charge in [0.1, 0.15) is 0 Å². The largest absolute Gasteiger partial charge is 0.379 e. The fraction of sp³-hybridized carbons (Fsp3) is 0.647. The molecule has 2 aliphatic rings. The van der Waals surface area contributed by atoms with Crippen molar-refractivity contribution in [3.63, 3.8) is 0 Å². The lowest BCUT2D eigenvalue weighted by Crippen LogP contribution is -2.51. The minimum atomic E-state index is 0. The maximum absolute atomic E-state index is 6.22. The zero-order chi connectivity index (χ0) is 14.5. The van der Waals surface area contributed by atoms with E-state index < -0.39 is 0 Å². The van der Waals surface area contributed by atoms with E-state index in [2.05, 4.69) is 22.8 Å². The Hall–Kier alpha value is -0.320. The molecule has 5 heteroatoms. The molecule has 1 aliphatic heterocycles. The topological polar surface area (TPSA) is 33.3 Å². The number of halogens is 2. The Kier molecular flexibility index (Phi) is 7.45. The number of morpholine rings is 1. The van der Waals surface area contributed by atoms with Crippen LogP contribution in [0.1, 0.15) is 24.8 Å². The molecule has 2 fully saturated rings. The summed E-state index contributed by atoms with van der Waals surface area (Å²) in [5.74, 6) is 0.705. The third-order valence-electron chi connectivity index (χ3n) is 4.80. The highest BCUT2D eigenvalue weighted by atomic mass is 35.5. The fourth-order valence-corrected chi connectivity index (χ4v) is 3.91. The van der Waals surface area contributed by atoms with Gasteiger partial charge in [0, 0.05) is 23.7 Å². The van der Waals surface area contributed by atoms with E-state index in [-0.39, 0.29) is 12.4 Å². The van der Waals surface area contributed by atoms with E-state index >= 15 is 0 Å². The van der Waals surface area contributed by atoms with E-state index in [0.717, 1.165) is 37.7 Å². The molecule has 124 valence electrons. The van der Waals surface area contributed by atoms with Crippen LogP contribution >= 0.6 is 24.0 Å². The predicted octanol–water partition coefficient (Wildman–Crippen LogP) is 3.05. The first kappa shape index (κ1) is 18.0. The maximum Gasteiger partial charge on any atom is 0.0623 e. The summed E-state index contributed by atoms with van der Waals surface area (Å²) in [7, 11) is 0. The van der Waals surface area contributed by atoms with Gasteiger partial charge in [-0.3, -0.25) is 0 Å². The lowest BCUT2D eigenvalue weighted by molar-refractivity contribution is 0.0526. The standard InChI is InChI=1S/C17H25ClN2O.ClH/c18-15-6-2-1-4-13(15)8-9-19-16-7-3-5-14(16)17-12-21-11-10-20-17;/h1-2,4,6,14,16-17,19-20H,3,5,7-12H2;1H. The molecular formula is C17H26Cl2N2O. The number of rotatable bonds is 5. The van der Waals surface area contributed by atoms with Crippen LogP contribution in [-0.2, 0) is 11.2 Å². The van der Waals surface area contributed by atoms with E-state index in [1.165, 1.54) is 24.8 Å². The van der Waals surface area contributed by atoms with Crippen molar-refractivity contribution in [1.29, 1.82) is 0 Å². The Morgan fingerprint density at radius 3 is 2.91 bits per heavy atom. The zero-order valence-electron chi connectivity index (χ0n) is 12.9. The second-order valence-electron chi connectivity index (χ2n) is 6.13. The van der Waals surface area contributed by atoms with Crippen molar-refractivity contribution in [2.45, 2.75) is 37.8 Å². The monoisotopic (exact) mass is 344 g/mol. The lowest BCUT2D eigenvalue weighted by atomic mass is 9.94. The van der Waals surface area contributed by atoms with Crippen LogP contribution in [0.2, 0.25) is 5.02 Å². The minimum Gasteiger partial charge on any atom is -0.379 e. The molecule has 1 heterocycles. The van der Waals surface area contributed by atoms with Gasteiger partial charge in [-0.25, -0.2) is 0 Å². The zero-order valence-corrected chi connectivity index (χ0v) is 14.5. The maximum atomic E-state index is 6.22. The molecule has 0 bridgehead atoms. The van der Waals surface area contributed by atoms with Gasteiger partial charge in [0.05, 0.1) is 13.2 Å². The summed E-state index contributed by atoms with van der Waals surface area (Å²) in [5.41, 5.74) is 1.24. The summed E-state index contributed by atoms with van der Waals surface area (Å²) < 4.78 is 5.62. The van der Waals surface area contributed by atoms with E-state index in [0.29, 0.717) is 18.0 Å². The first-order chi connectivity index (χ1) is 10.3. The molecule has 2 N–H and O–H groups in total. The highest BCUT2D eigenvalue weighted by molar-refractivity contribution is 6.31. The Morgan fingerprint density at radius 1 is 1.27 bits per heavy atom. The summed E-state index contributed by atoms with van der Waals surface area (Å²) in [6.07, 6.45) is 4.92. The average molecular weight is 345 g/mol. The van der Waals surface area contributed by atoms with Gasteiger partial charge in [-0.1, -0.05) is 36.2 Å². The molecule has 1 saturated carbocycles. The van der Waals surface area contributed by atoms with Crippen molar-refractivity contribution in [3.8, 4) is 0 Å². The smallest absolute Gasteiger partial charge is 0.0623 e. The molecule has 3 unspecified atom stereocenters. The molecule has 3 rings (SSSR count). The van der Waals surface area contributed by atoms with Crippen LogP contribution in [0.15, 0.2) is 24.3 Å². The minimum absolute atomic E-state index is 0. The molecular weight excluding hydrogens is 319 g/mol. The van der Waals surface area contributed by atoms with Gasteiger partial charge in [0.15, 0.2) is 0 Å². The summed E-state index contributed by atoms with van der Waals surface area (Å²) in [4.78, 5) is 0. The SMILES string of the molecule is Cl.Clc1ccccc1CCNC1CCCC1C1COCCN1. The molecule has 0 radical (unpaired) electrons. The van der Waals surface area contributed by atoms with Crippen LogP contribution in [0.3, 0.4) is 0 Å².